The summed E-state index contributed by atoms with van der Waals surface area (Å²) in [5, 5.41) is 6.58. The summed E-state index contributed by atoms with van der Waals surface area (Å²) < 4.78 is 36.3. The van der Waals surface area contributed by atoms with Crippen molar-refractivity contribution in [1.29, 1.82) is 0 Å². The number of benzene rings is 4. The van der Waals surface area contributed by atoms with Crippen LogP contribution in [0, 0.1) is 0 Å². The molecule has 0 aliphatic rings. The molecule has 0 saturated carbocycles. The molecule has 37 heavy (non-hydrogen) atoms. The molecular weight excluding hydrogens is 490 g/mol. The third-order valence-corrected chi connectivity index (χ3v) is 6.70. The maximum absolute atomic E-state index is 12.7. The maximum Gasteiger partial charge on any atom is 0.339 e. The van der Waals surface area contributed by atoms with Gasteiger partial charge in [0.2, 0.25) is 0 Å². The molecule has 8 nitrogen and oxygen atoms in total. The van der Waals surface area contributed by atoms with Gasteiger partial charge < -0.3 is 8.92 Å². The Morgan fingerprint density at radius 1 is 0.865 bits per heavy atom. The van der Waals surface area contributed by atoms with E-state index >= 15 is 0 Å². The summed E-state index contributed by atoms with van der Waals surface area (Å²) >= 11 is 0. The smallest absolute Gasteiger partial charge is 0.339 e. The Morgan fingerprint density at radius 2 is 1.62 bits per heavy atom. The van der Waals surface area contributed by atoms with Gasteiger partial charge in [0.25, 0.3) is 5.91 Å². The van der Waals surface area contributed by atoms with E-state index in [-0.39, 0.29) is 17.3 Å². The molecule has 0 saturated heterocycles. The zero-order valence-electron chi connectivity index (χ0n) is 19.4. The fraction of sp³-hybridized carbons (Fsp3) is 0.0357. The molecule has 0 atom stereocenters. The molecule has 0 radical (unpaired) electrons. The predicted octanol–water partition coefficient (Wildman–Crippen LogP) is 4.68. The molecule has 0 aliphatic heterocycles. The van der Waals surface area contributed by atoms with Crippen molar-refractivity contribution in [3.63, 3.8) is 0 Å². The van der Waals surface area contributed by atoms with E-state index in [4.69, 9.17) is 8.92 Å². The second kappa shape index (κ2) is 10.5. The minimum absolute atomic E-state index is 0.0704. The van der Waals surface area contributed by atoms with Crippen LogP contribution in [0.1, 0.15) is 5.56 Å². The van der Waals surface area contributed by atoms with Gasteiger partial charge in [0.1, 0.15) is 21.9 Å². The van der Waals surface area contributed by atoms with Crippen LogP contribution >= 0.6 is 0 Å². The van der Waals surface area contributed by atoms with E-state index in [0.29, 0.717) is 16.8 Å². The third kappa shape index (κ3) is 5.74. The SMILES string of the molecule is O=C(COc1cccc2cccnc12)N/N=C\c1ccc(OS(=O)(=O)c2ccc3ccccc3c2)cc1. The molecule has 0 unspecified atom stereocenters. The summed E-state index contributed by atoms with van der Waals surface area (Å²) in [7, 11) is -4.00. The highest BCUT2D eigenvalue weighted by atomic mass is 32.2. The Labute approximate surface area is 213 Å². The van der Waals surface area contributed by atoms with Crippen molar-refractivity contribution >= 4 is 43.9 Å². The van der Waals surface area contributed by atoms with Crippen molar-refractivity contribution in [2.75, 3.05) is 6.61 Å². The standard InChI is InChI=1S/C28H21N3O5S/c32-27(19-35-26-9-3-7-22-8-4-16-29-28(22)26)31-30-18-20-10-13-24(14-11-20)36-37(33,34)25-15-12-21-5-1-2-6-23(21)17-25/h1-18H,19H2,(H,31,32)/b30-18-. The number of rotatable bonds is 8. The van der Waals surface area contributed by atoms with Crippen LogP contribution in [0.3, 0.4) is 0 Å². The molecule has 1 N–H and O–H groups in total. The Kier molecular flexibility index (Phi) is 6.78. The predicted molar refractivity (Wildman–Crippen MR) is 141 cm³/mol. The van der Waals surface area contributed by atoms with Gasteiger partial charge in [0.15, 0.2) is 6.61 Å². The fourth-order valence-corrected chi connectivity index (χ4v) is 4.62. The van der Waals surface area contributed by atoms with Gasteiger partial charge in [-0.3, -0.25) is 9.78 Å². The number of hydrogen-bond acceptors (Lipinski definition) is 7. The van der Waals surface area contributed by atoms with Crippen LogP contribution in [0.4, 0.5) is 0 Å². The largest absolute Gasteiger partial charge is 0.481 e. The van der Waals surface area contributed by atoms with Gasteiger partial charge in [-0.25, -0.2) is 5.43 Å². The van der Waals surface area contributed by atoms with Crippen LogP contribution in [0.15, 0.2) is 113 Å². The maximum atomic E-state index is 12.7. The van der Waals surface area contributed by atoms with Crippen LogP contribution in [0.2, 0.25) is 0 Å². The highest BCUT2D eigenvalue weighted by Gasteiger charge is 2.17. The zero-order chi connectivity index (χ0) is 25.7. The van der Waals surface area contributed by atoms with Crippen LogP contribution in [-0.2, 0) is 14.9 Å². The van der Waals surface area contributed by atoms with Gasteiger partial charge >= 0.3 is 10.1 Å². The molecule has 0 bridgehead atoms. The topological polar surface area (TPSA) is 107 Å². The second-order valence-corrected chi connectivity index (χ2v) is 9.57. The van der Waals surface area contributed by atoms with Gasteiger partial charge in [-0.05, 0) is 64.9 Å². The van der Waals surface area contributed by atoms with E-state index in [1.807, 2.05) is 48.5 Å². The Bertz CT molecular complexity index is 1710. The molecule has 1 heterocycles. The van der Waals surface area contributed by atoms with Crippen molar-refractivity contribution in [2.45, 2.75) is 4.90 Å². The monoisotopic (exact) mass is 511 g/mol. The Morgan fingerprint density at radius 3 is 2.46 bits per heavy atom. The lowest BCUT2D eigenvalue weighted by atomic mass is 10.1. The molecule has 4 aromatic carbocycles. The lowest BCUT2D eigenvalue weighted by Crippen LogP contribution is -2.24. The lowest BCUT2D eigenvalue weighted by Gasteiger charge is -2.08. The summed E-state index contributed by atoms with van der Waals surface area (Å²) in [5.41, 5.74) is 3.70. The van der Waals surface area contributed by atoms with E-state index in [1.165, 1.54) is 24.4 Å². The minimum Gasteiger partial charge on any atom is -0.481 e. The number of nitrogens with zero attached hydrogens (tertiary/aromatic N) is 2. The van der Waals surface area contributed by atoms with Gasteiger partial charge in [-0.15, -0.1) is 0 Å². The third-order valence-electron chi connectivity index (χ3n) is 5.45. The number of amides is 1. The van der Waals surface area contributed by atoms with Crippen molar-refractivity contribution in [3.05, 3.63) is 109 Å². The van der Waals surface area contributed by atoms with E-state index < -0.39 is 16.0 Å². The summed E-state index contributed by atoms with van der Waals surface area (Å²) in [4.78, 5) is 16.5. The molecule has 0 spiro atoms. The molecule has 184 valence electrons. The van der Waals surface area contributed by atoms with Crippen LogP contribution in [-0.4, -0.2) is 32.1 Å². The first-order valence-electron chi connectivity index (χ1n) is 11.3. The molecular formula is C28H21N3O5S. The van der Waals surface area contributed by atoms with Gasteiger partial charge in [-0.1, -0.05) is 48.5 Å². The van der Waals surface area contributed by atoms with Crippen LogP contribution in [0.25, 0.3) is 21.7 Å². The van der Waals surface area contributed by atoms with Crippen molar-refractivity contribution in [3.8, 4) is 11.5 Å². The first-order valence-corrected chi connectivity index (χ1v) is 12.7. The van der Waals surface area contributed by atoms with E-state index in [1.54, 1.807) is 36.5 Å². The lowest BCUT2D eigenvalue weighted by molar-refractivity contribution is -0.123. The quantitative estimate of drug-likeness (QED) is 0.184. The number of aromatic nitrogens is 1. The van der Waals surface area contributed by atoms with Crippen molar-refractivity contribution in [1.82, 2.24) is 10.4 Å². The second-order valence-electron chi connectivity index (χ2n) is 8.03. The number of carbonyl (C=O) groups excluding carboxylic acids is 1. The van der Waals surface area contributed by atoms with Crippen LogP contribution < -0.4 is 14.3 Å². The average Bonchev–Trinajstić information content (AvgIpc) is 2.92. The highest BCUT2D eigenvalue weighted by molar-refractivity contribution is 7.87. The molecule has 5 aromatic rings. The zero-order valence-corrected chi connectivity index (χ0v) is 20.3. The average molecular weight is 512 g/mol. The van der Waals surface area contributed by atoms with Crippen LogP contribution in [0.5, 0.6) is 11.5 Å². The van der Waals surface area contributed by atoms with Crippen molar-refractivity contribution < 1.29 is 22.1 Å². The number of carbonyl (C=O) groups is 1. The van der Waals surface area contributed by atoms with E-state index in [0.717, 1.165) is 16.2 Å². The van der Waals surface area contributed by atoms with Gasteiger partial charge in [-0.2, -0.15) is 13.5 Å². The number of hydrogen-bond donors (Lipinski definition) is 1. The van der Waals surface area contributed by atoms with Crippen molar-refractivity contribution in [2.24, 2.45) is 5.10 Å². The Balaban J connectivity index is 1.16. The van der Waals surface area contributed by atoms with E-state index in [9.17, 15) is 13.2 Å². The number of para-hydroxylation sites is 1. The Hall–Kier alpha value is -4.76. The molecule has 0 fully saturated rings. The fourth-order valence-electron chi connectivity index (χ4n) is 3.65. The summed E-state index contributed by atoms with van der Waals surface area (Å²) in [5.74, 6) is 0.225. The molecule has 1 aromatic heterocycles. The first-order chi connectivity index (χ1) is 18.0. The number of pyridine rings is 1. The first kappa shape index (κ1) is 24.0. The minimum atomic E-state index is -4.00. The number of fused-ring (bicyclic) bond motifs is 2. The van der Waals surface area contributed by atoms with Gasteiger partial charge in [0.05, 0.1) is 6.21 Å². The van der Waals surface area contributed by atoms with E-state index in [2.05, 4.69) is 15.5 Å². The number of nitrogens with one attached hydrogen (secondary N) is 1. The number of hydrazone groups is 1. The summed E-state index contributed by atoms with van der Waals surface area (Å²) in [6.45, 7) is -0.230. The summed E-state index contributed by atoms with van der Waals surface area (Å²) in [6.07, 6.45) is 3.09. The molecule has 0 aliphatic carbocycles. The molecule has 9 heteroatoms. The molecule has 5 rings (SSSR count). The highest BCUT2D eigenvalue weighted by Crippen LogP contribution is 2.24. The summed E-state index contributed by atoms with van der Waals surface area (Å²) in [6, 6.07) is 27.8. The normalized spacial score (nSPS) is 11.6. The molecule has 1 amide bonds. The van der Waals surface area contributed by atoms with Gasteiger partial charge in [0, 0.05) is 11.6 Å². The number of ether oxygens (including phenoxy) is 1.